The van der Waals surface area contributed by atoms with Crippen molar-refractivity contribution in [3.63, 3.8) is 0 Å². The minimum absolute atomic E-state index is 0.0654. The first kappa shape index (κ1) is 20.2. The fourth-order valence-corrected chi connectivity index (χ4v) is 4.62. The van der Waals surface area contributed by atoms with Crippen molar-refractivity contribution in [2.45, 2.75) is 17.1 Å². The summed E-state index contributed by atoms with van der Waals surface area (Å²) in [6, 6.07) is 25.0. The van der Waals surface area contributed by atoms with Gasteiger partial charge in [-0.05, 0) is 48.0 Å². The van der Waals surface area contributed by atoms with Gasteiger partial charge in [0.15, 0.2) is 0 Å². The molecular formula is C24H20N2O2S2. The molecule has 1 aromatic heterocycles. The third kappa shape index (κ3) is 4.72. The van der Waals surface area contributed by atoms with Crippen molar-refractivity contribution < 1.29 is 9.59 Å². The topological polar surface area (TPSA) is 58.2 Å². The summed E-state index contributed by atoms with van der Waals surface area (Å²) < 4.78 is 0. The first-order valence-electron chi connectivity index (χ1n) is 9.50. The molecule has 0 radical (unpaired) electrons. The van der Waals surface area contributed by atoms with E-state index in [1.807, 2.05) is 85.1 Å². The average Bonchev–Trinajstić information content (AvgIpc) is 3.29. The Kier molecular flexibility index (Phi) is 6.16. The Hall–Kier alpha value is -3.09. The van der Waals surface area contributed by atoms with Gasteiger partial charge in [-0.25, -0.2) is 0 Å². The molecule has 0 aliphatic rings. The van der Waals surface area contributed by atoms with Crippen LogP contribution in [0.1, 0.15) is 16.6 Å². The van der Waals surface area contributed by atoms with Crippen molar-refractivity contribution >= 4 is 57.1 Å². The third-order valence-electron chi connectivity index (χ3n) is 4.57. The zero-order chi connectivity index (χ0) is 20.9. The molecule has 30 heavy (non-hydrogen) atoms. The first-order valence-corrected chi connectivity index (χ1v) is 11.3. The lowest BCUT2D eigenvalue weighted by Gasteiger charge is -2.14. The van der Waals surface area contributed by atoms with E-state index in [9.17, 15) is 9.59 Å². The first-order chi connectivity index (χ1) is 14.6. The number of hydrogen-bond donors (Lipinski definition) is 2. The van der Waals surface area contributed by atoms with Gasteiger partial charge in [0.1, 0.15) is 0 Å². The quantitative estimate of drug-likeness (QED) is 0.353. The largest absolute Gasteiger partial charge is 0.325 e. The molecule has 3 aromatic carbocycles. The van der Waals surface area contributed by atoms with Crippen LogP contribution in [0, 0.1) is 0 Å². The van der Waals surface area contributed by atoms with Crippen LogP contribution in [-0.2, 0) is 4.79 Å². The van der Waals surface area contributed by atoms with Gasteiger partial charge in [-0.2, -0.15) is 0 Å². The number of thioether (sulfide) groups is 1. The maximum Gasteiger partial charge on any atom is 0.265 e. The van der Waals surface area contributed by atoms with Crippen molar-refractivity contribution in [2.24, 2.45) is 0 Å². The lowest BCUT2D eigenvalue weighted by molar-refractivity contribution is -0.115. The number of rotatable bonds is 6. The molecular weight excluding hydrogens is 412 g/mol. The summed E-state index contributed by atoms with van der Waals surface area (Å²) in [7, 11) is 0. The maximum absolute atomic E-state index is 12.8. The van der Waals surface area contributed by atoms with Gasteiger partial charge in [0, 0.05) is 21.7 Å². The fourth-order valence-electron chi connectivity index (χ4n) is 3.07. The summed E-state index contributed by atoms with van der Waals surface area (Å²) in [4.78, 5) is 26.6. The number of amides is 2. The molecule has 4 rings (SSSR count). The van der Waals surface area contributed by atoms with E-state index >= 15 is 0 Å². The molecule has 0 spiro atoms. The minimum Gasteiger partial charge on any atom is -0.325 e. The average molecular weight is 433 g/mol. The number of thiophene rings is 1. The van der Waals surface area contributed by atoms with Crippen LogP contribution in [0.3, 0.4) is 0 Å². The van der Waals surface area contributed by atoms with Gasteiger partial charge in [0.25, 0.3) is 5.91 Å². The molecule has 4 nitrogen and oxygen atoms in total. The SMILES string of the molecule is CC(Sc1cccc(NC(=O)c2cccs2)c1)C(=O)Nc1cccc2ccccc12. The van der Waals surface area contributed by atoms with E-state index in [1.54, 1.807) is 6.07 Å². The normalized spacial score (nSPS) is 11.8. The maximum atomic E-state index is 12.8. The number of carbonyl (C=O) groups is 2. The highest BCUT2D eigenvalue weighted by Gasteiger charge is 2.16. The molecule has 6 heteroatoms. The molecule has 0 aliphatic carbocycles. The lowest BCUT2D eigenvalue weighted by atomic mass is 10.1. The van der Waals surface area contributed by atoms with Gasteiger partial charge in [-0.1, -0.05) is 48.5 Å². The van der Waals surface area contributed by atoms with E-state index in [-0.39, 0.29) is 17.1 Å². The van der Waals surface area contributed by atoms with E-state index in [0.717, 1.165) is 21.4 Å². The van der Waals surface area contributed by atoms with Crippen LogP contribution >= 0.6 is 23.1 Å². The van der Waals surface area contributed by atoms with Crippen LogP contribution in [0.4, 0.5) is 11.4 Å². The van der Waals surface area contributed by atoms with E-state index in [0.29, 0.717) is 10.6 Å². The number of hydrogen-bond acceptors (Lipinski definition) is 4. The molecule has 0 saturated carbocycles. The third-order valence-corrected chi connectivity index (χ3v) is 6.53. The summed E-state index contributed by atoms with van der Waals surface area (Å²) in [6.45, 7) is 1.88. The zero-order valence-corrected chi connectivity index (χ0v) is 17.9. The Morgan fingerprint density at radius 2 is 1.70 bits per heavy atom. The Balaban J connectivity index is 1.42. The predicted molar refractivity (Wildman–Crippen MR) is 127 cm³/mol. The Labute approximate surface area is 183 Å². The summed E-state index contributed by atoms with van der Waals surface area (Å²) in [5, 5.41) is 9.63. The highest BCUT2D eigenvalue weighted by molar-refractivity contribution is 8.00. The van der Waals surface area contributed by atoms with Gasteiger partial charge in [0.05, 0.1) is 10.1 Å². The molecule has 0 bridgehead atoms. The van der Waals surface area contributed by atoms with Crippen LogP contribution in [0.5, 0.6) is 0 Å². The van der Waals surface area contributed by atoms with E-state index in [4.69, 9.17) is 0 Å². The Morgan fingerprint density at radius 3 is 2.53 bits per heavy atom. The molecule has 0 fully saturated rings. The standard InChI is InChI=1S/C24H20N2O2S2/c1-16(23(27)26-21-12-4-8-17-7-2-3-11-20(17)21)30-19-10-5-9-18(15-19)25-24(28)22-13-6-14-29-22/h2-16H,1H3,(H,25,28)(H,26,27). The highest BCUT2D eigenvalue weighted by atomic mass is 32.2. The van der Waals surface area contributed by atoms with Crippen LogP contribution in [0.2, 0.25) is 0 Å². The molecule has 0 saturated heterocycles. The number of nitrogens with one attached hydrogen (secondary N) is 2. The lowest BCUT2D eigenvalue weighted by Crippen LogP contribution is -2.22. The second-order valence-electron chi connectivity index (χ2n) is 6.74. The second kappa shape index (κ2) is 9.15. The number of fused-ring (bicyclic) bond motifs is 1. The molecule has 1 atom stereocenters. The van der Waals surface area contributed by atoms with Crippen LogP contribution in [-0.4, -0.2) is 17.1 Å². The van der Waals surface area contributed by atoms with Gasteiger partial charge >= 0.3 is 0 Å². The summed E-state index contributed by atoms with van der Waals surface area (Å²) in [5.41, 5.74) is 1.52. The number of anilines is 2. The van der Waals surface area contributed by atoms with E-state index in [1.165, 1.54) is 23.1 Å². The predicted octanol–water partition coefficient (Wildman–Crippen LogP) is 6.27. The summed E-state index contributed by atoms with van der Waals surface area (Å²) in [5.74, 6) is -0.196. The van der Waals surface area contributed by atoms with E-state index < -0.39 is 0 Å². The second-order valence-corrected chi connectivity index (χ2v) is 9.10. The Bertz CT molecular complexity index is 1180. The molecule has 0 aliphatic heterocycles. The van der Waals surface area contributed by atoms with Crippen molar-refractivity contribution in [3.05, 3.63) is 89.1 Å². The molecule has 2 amide bonds. The highest BCUT2D eigenvalue weighted by Crippen LogP contribution is 2.28. The van der Waals surface area contributed by atoms with Crippen LogP contribution in [0.25, 0.3) is 10.8 Å². The Morgan fingerprint density at radius 1 is 0.900 bits per heavy atom. The summed E-state index contributed by atoms with van der Waals surface area (Å²) in [6.07, 6.45) is 0. The molecule has 4 aromatic rings. The van der Waals surface area contributed by atoms with Crippen molar-refractivity contribution in [1.29, 1.82) is 0 Å². The molecule has 150 valence electrons. The monoisotopic (exact) mass is 432 g/mol. The van der Waals surface area contributed by atoms with Crippen molar-refractivity contribution in [1.82, 2.24) is 0 Å². The fraction of sp³-hybridized carbons (Fsp3) is 0.0833. The molecule has 1 unspecified atom stereocenters. The number of benzene rings is 3. The van der Waals surface area contributed by atoms with Crippen LogP contribution < -0.4 is 10.6 Å². The van der Waals surface area contributed by atoms with Crippen LogP contribution in [0.15, 0.2) is 89.1 Å². The van der Waals surface area contributed by atoms with Crippen molar-refractivity contribution in [3.8, 4) is 0 Å². The van der Waals surface area contributed by atoms with Gasteiger partial charge < -0.3 is 10.6 Å². The minimum atomic E-state index is -0.299. The molecule has 1 heterocycles. The summed E-state index contributed by atoms with van der Waals surface area (Å²) >= 11 is 2.85. The van der Waals surface area contributed by atoms with Crippen molar-refractivity contribution in [2.75, 3.05) is 10.6 Å². The van der Waals surface area contributed by atoms with Gasteiger partial charge in [-0.15, -0.1) is 23.1 Å². The van der Waals surface area contributed by atoms with E-state index in [2.05, 4.69) is 10.6 Å². The van der Waals surface area contributed by atoms with Gasteiger partial charge in [0.2, 0.25) is 5.91 Å². The number of carbonyl (C=O) groups excluding carboxylic acids is 2. The smallest absolute Gasteiger partial charge is 0.265 e. The molecule has 2 N–H and O–H groups in total. The zero-order valence-electron chi connectivity index (χ0n) is 16.3. The van der Waals surface area contributed by atoms with Gasteiger partial charge in [-0.3, -0.25) is 9.59 Å².